The van der Waals surface area contributed by atoms with E-state index in [-0.39, 0.29) is 12.1 Å². The number of rotatable bonds is 9. The summed E-state index contributed by atoms with van der Waals surface area (Å²) in [6.45, 7) is 13.8. The van der Waals surface area contributed by atoms with Gasteiger partial charge in [-0.15, -0.1) is 0 Å². The minimum atomic E-state index is -0.438. The van der Waals surface area contributed by atoms with Crippen LogP contribution in [0.4, 0.5) is 0 Å². The molecule has 2 aliphatic rings. The smallest absolute Gasteiger partial charge is 0.110 e. The molecule has 1 N–H and O–H groups in total. The summed E-state index contributed by atoms with van der Waals surface area (Å²) in [5.74, 6) is 2.15. The Balaban J connectivity index is 0.000000200. The molecule has 0 unspecified atom stereocenters. The van der Waals surface area contributed by atoms with E-state index >= 15 is 0 Å². The van der Waals surface area contributed by atoms with E-state index in [1.54, 1.807) is 7.11 Å². The molecular formula is C44H57N3O2. The highest BCUT2D eigenvalue weighted by atomic mass is 16.5. The number of aliphatic hydroxyl groups is 1. The molecule has 2 heterocycles. The molecule has 1 aromatic heterocycles. The van der Waals surface area contributed by atoms with Crippen molar-refractivity contribution in [3.05, 3.63) is 138 Å². The van der Waals surface area contributed by atoms with Gasteiger partial charge in [0.1, 0.15) is 5.82 Å². The second-order valence-electron chi connectivity index (χ2n) is 14.6. The lowest BCUT2D eigenvalue weighted by molar-refractivity contribution is -0.0978. The van der Waals surface area contributed by atoms with Crippen molar-refractivity contribution in [2.45, 2.75) is 84.4 Å². The first-order valence-electron chi connectivity index (χ1n) is 18.3. The molecule has 1 saturated carbocycles. The van der Waals surface area contributed by atoms with E-state index in [4.69, 9.17) is 9.72 Å². The zero-order chi connectivity index (χ0) is 34.9. The average molecular weight is 660 g/mol. The van der Waals surface area contributed by atoms with E-state index in [1.807, 2.05) is 13.8 Å². The Hall–Kier alpha value is -3.77. The summed E-state index contributed by atoms with van der Waals surface area (Å²) < 4.78 is 8.19. The summed E-state index contributed by atoms with van der Waals surface area (Å²) in [7, 11) is 1.71. The highest BCUT2D eigenvalue weighted by Crippen LogP contribution is 2.45. The summed E-state index contributed by atoms with van der Waals surface area (Å²) in [5.41, 5.74) is 5.69. The van der Waals surface area contributed by atoms with Crippen molar-refractivity contribution in [2.24, 2.45) is 11.3 Å². The van der Waals surface area contributed by atoms with Gasteiger partial charge in [0.2, 0.25) is 0 Å². The highest BCUT2D eigenvalue weighted by Gasteiger charge is 2.46. The fraction of sp³-hybridized carbons (Fsp3) is 0.432. The molecule has 1 saturated heterocycles. The second-order valence-corrected chi connectivity index (χ2v) is 14.6. The van der Waals surface area contributed by atoms with Crippen molar-refractivity contribution in [1.82, 2.24) is 14.5 Å². The number of para-hydroxylation sites is 2. The molecule has 5 aromatic rings. The molecule has 7 rings (SSSR count). The largest absolute Gasteiger partial charge is 0.393 e. The standard InChI is InChI=1S/C26H29NO2.C16H22N2.C2H6/c1-29-25(21-28)17-19-27(20-18-25)26(22-11-5-2-6-12-22,23-13-7-3-8-14-23)24-15-9-4-10-16-24;1-16(2,3)10-15-17-13-6-4-5-7-14(13)18(15)11-12-8-9-12;1-2/h2-16,28H,17-21H2,1H3;4-7,12H,8-11H2,1-3H3;1-2H3. The Morgan fingerprint density at radius 1 is 0.735 bits per heavy atom. The van der Waals surface area contributed by atoms with Crippen LogP contribution >= 0.6 is 0 Å². The first kappa shape index (κ1) is 36.5. The van der Waals surface area contributed by atoms with Crippen LogP contribution in [-0.2, 0) is 23.2 Å². The lowest BCUT2D eigenvalue weighted by atomic mass is 9.74. The van der Waals surface area contributed by atoms with Gasteiger partial charge in [-0.25, -0.2) is 4.98 Å². The number of hydrogen-bond acceptors (Lipinski definition) is 4. The number of aromatic nitrogens is 2. The zero-order valence-electron chi connectivity index (χ0n) is 30.6. The lowest BCUT2D eigenvalue weighted by Crippen LogP contribution is -2.56. The average Bonchev–Trinajstić information content (AvgIpc) is 3.91. The minimum absolute atomic E-state index is 0.0619. The van der Waals surface area contributed by atoms with Gasteiger partial charge in [-0.3, -0.25) is 4.90 Å². The number of methoxy groups -OCH3 is 1. The van der Waals surface area contributed by atoms with Crippen molar-refractivity contribution in [1.29, 1.82) is 0 Å². The molecule has 5 nitrogen and oxygen atoms in total. The van der Waals surface area contributed by atoms with Gasteiger partial charge < -0.3 is 14.4 Å². The topological polar surface area (TPSA) is 50.5 Å². The van der Waals surface area contributed by atoms with Gasteiger partial charge in [0.05, 0.1) is 28.8 Å². The third-order valence-electron chi connectivity index (χ3n) is 10.0. The fourth-order valence-electron chi connectivity index (χ4n) is 7.26. The molecule has 0 radical (unpaired) electrons. The summed E-state index contributed by atoms with van der Waals surface area (Å²) in [6, 6.07) is 40.8. The van der Waals surface area contributed by atoms with Gasteiger partial charge >= 0.3 is 0 Å². The van der Waals surface area contributed by atoms with Crippen LogP contribution in [0, 0.1) is 11.3 Å². The number of hydrogen-bond donors (Lipinski definition) is 1. The number of ether oxygens (including phenoxy) is 1. The van der Waals surface area contributed by atoms with Crippen molar-refractivity contribution in [3.63, 3.8) is 0 Å². The van der Waals surface area contributed by atoms with E-state index < -0.39 is 5.60 Å². The van der Waals surface area contributed by atoms with Crippen LogP contribution < -0.4 is 0 Å². The van der Waals surface area contributed by atoms with Gasteiger partial charge in [-0.05, 0) is 65.8 Å². The number of fused-ring (bicyclic) bond motifs is 1. The fourth-order valence-corrected chi connectivity index (χ4v) is 7.26. The second kappa shape index (κ2) is 16.3. The van der Waals surface area contributed by atoms with Crippen LogP contribution in [0.5, 0.6) is 0 Å². The Labute approximate surface area is 295 Å². The molecule has 49 heavy (non-hydrogen) atoms. The first-order valence-corrected chi connectivity index (χ1v) is 18.3. The van der Waals surface area contributed by atoms with Crippen LogP contribution in [0.2, 0.25) is 0 Å². The minimum Gasteiger partial charge on any atom is -0.393 e. The van der Waals surface area contributed by atoms with Crippen LogP contribution in [0.15, 0.2) is 115 Å². The number of nitrogens with zero attached hydrogens (tertiary/aromatic N) is 3. The molecule has 4 aromatic carbocycles. The Kier molecular flexibility index (Phi) is 12.1. The van der Waals surface area contributed by atoms with Gasteiger partial charge in [0.15, 0.2) is 0 Å². The molecular weight excluding hydrogens is 603 g/mol. The maximum atomic E-state index is 9.94. The Bertz CT molecular complexity index is 1590. The molecule has 5 heteroatoms. The third-order valence-corrected chi connectivity index (χ3v) is 10.0. The Morgan fingerprint density at radius 2 is 1.20 bits per heavy atom. The molecule has 2 fully saturated rings. The van der Waals surface area contributed by atoms with Crippen molar-refractivity contribution in [2.75, 3.05) is 26.8 Å². The van der Waals surface area contributed by atoms with Crippen LogP contribution in [0.1, 0.15) is 82.8 Å². The van der Waals surface area contributed by atoms with E-state index in [1.165, 1.54) is 40.9 Å². The molecule has 0 atom stereocenters. The van der Waals surface area contributed by atoms with Crippen LogP contribution in [0.25, 0.3) is 11.0 Å². The first-order chi connectivity index (χ1) is 23.8. The Morgan fingerprint density at radius 3 is 1.63 bits per heavy atom. The van der Waals surface area contributed by atoms with Crippen molar-refractivity contribution >= 4 is 11.0 Å². The molecule has 1 aliphatic carbocycles. The number of benzene rings is 4. The molecule has 0 amide bonds. The van der Waals surface area contributed by atoms with E-state index in [0.717, 1.165) is 50.3 Å². The van der Waals surface area contributed by atoms with E-state index in [9.17, 15) is 5.11 Å². The maximum Gasteiger partial charge on any atom is 0.110 e. The monoisotopic (exact) mass is 659 g/mol. The predicted octanol–water partition coefficient (Wildman–Crippen LogP) is 9.51. The molecule has 0 spiro atoms. The molecule has 0 bridgehead atoms. The van der Waals surface area contributed by atoms with Gasteiger partial charge in [0, 0.05) is 33.2 Å². The number of piperidine rings is 1. The molecule has 1 aliphatic heterocycles. The lowest BCUT2D eigenvalue weighted by Gasteiger charge is -2.50. The van der Waals surface area contributed by atoms with Crippen molar-refractivity contribution in [3.8, 4) is 0 Å². The van der Waals surface area contributed by atoms with Crippen molar-refractivity contribution < 1.29 is 9.84 Å². The third kappa shape index (κ3) is 8.34. The summed E-state index contributed by atoms with van der Waals surface area (Å²) in [6.07, 6.45) is 5.43. The SMILES string of the molecule is CC.CC(C)(C)Cc1nc2ccccc2n1CC1CC1.COC1(CO)CCN(C(c2ccccc2)(c2ccccc2)c2ccccc2)CC1. The molecule has 260 valence electrons. The number of aliphatic hydroxyl groups excluding tert-OH is 1. The van der Waals surface area contributed by atoms with E-state index in [2.05, 4.69) is 145 Å². The van der Waals surface area contributed by atoms with Gasteiger partial charge in [-0.2, -0.15) is 0 Å². The quantitative estimate of drug-likeness (QED) is 0.160. The highest BCUT2D eigenvalue weighted by molar-refractivity contribution is 5.76. The predicted molar refractivity (Wildman–Crippen MR) is 204 cm³/mol. The normalized spacial score (nSPS) is 16.3. The summed E-state index contributed by atoms with van der Waals surface area (Å²) in [4.78, 5) is 7.40. The van der Waals surface area contributed by atoms with Crippen LogP contribution in [0.3, 0.4) is 0 Å². The van der Waals surface area contributed by atoms with Gasteiger partial charge in [0.25, 0.3) is 0 Å². The summed E-state index contributed by atoms with van der Waals surface area (Å²) >= 11 is 0. The zero-order valence-corrected chi connectivity index (χ0v) is 30.6. The van der Waals surface area contributed by atoms with Crippen LogP contribution in [-0.4, -0.2) is 52.0 Å². The van der Waals surface area contributed by atoms with Gasteiger partial charge in [-0.1, -0.05) is 138 Å². The number of likely N-dealkylation sites (tertiary alicyclic amines) is 1. The number of imidazole rings is 1. The summed E-state index contributed by atoms with van der Waals surface area (Å²) in [5, 5.41) is 9.94. The van der Waals surface area contributed by atoms with E-state index in [0.29, 0.717) is 5.41 Å². The maximum absolute atomic E-state index is 9.94.